The molecule has 1 heterocycles. The number of carbonyl (C=O) groups excluding carboxylic acids is 2. The number of halogens is 4. The highest BCUT2D eigenvalue weighted by molar-refractivity contribution is 9.10. The summed E-state index contributed by atoms with van der Waals surface area (Å²) in [5, 5.41) is 5.46. The van der Waals surface area contributed by atoms with Crippen LogP contribution in [0.25, 0.3) is 17.1 Å². The second-order valence-electron chi connectivity index (χ2n) is 6.79. The van der Waals surface area contributed by atoms with Crippen molar-refractivity contribution in [2.24, 2.45) is 0 Å². The smallest absolute Gasteiger partial charge is 0.378 e. The van der Waals surface area contributed by atoms with E-state index in [0.29, 0.717) is 37.7 Å². The van der Waals surface area contributed by atoms with Crippen molar-refractivity contribution in [1.29, 1.82) is 0 Å². The van der Waals surface area contributed by atoms with Crippen LogP contribution < -0.4 is 0 Å². The molecule has 0 unspecified atom stereocenters. The number of ether oxygens (including phenoxy) is 1. The summed E-state index contributed by atoms with van der Waals surface area (Å²) in [6.45, 7) is -0.450. The predicted octanol–water partition coefficient (Wildman–Crippen LogP) is 6.70. The molecule has 0 aliphatic carbocycles. The standard InChI is InChI=1S/C23H13BrCl3N3O3/c24-15-6-4-13(5-7-15)20(31)12-33-23(32)21-28-22(14-2-1-3-16(25)10-14)30(29-21)17-8-9-18(26)19(27)11-17/h1-11H,12H2. The molecule has 0 aliphatic heterocycles. The minimum Gasteiger partial charge on any atom is -0.451 e. The molecule has 0 saturated carbocycles. The minimum absolute atomic E-state index is 0.223. The Kier molecular flexibility index (Phi) is 7.14. The van der Waals surface area contributed by atoms with Gasteiger partial charge in [-0.25, -0.2) is 14.5 Å². The predicted molar refractivity (Wildman–Crippen MR) is 131 cm³/mol. The van der Waals surface area contributed by atoms with Gasteiger partial charge >= 0.3 is 5.97 Å². The van der Waals surface area contributed by atoms with Crippen LogP contribution in [-0.2, 0) is 4.74 Å². The number of rotatable bonds is 6. The van der Waals surface area contributed by atoms with Gasteiger partial charge in [0, 0.05) is 20.6 Å². The van der Waals surface area contributed by atoms with Crippen LogP contribution in [0.3, 0.4) is 0 Å². The maximum atomic E-state index is 12.7. The van der Waals surface area contributed by atoms with Gasteiger partial charge in [-0.2, -0.15) is 0 Å². The van der Waals surface area contributed by atoms with Crippen molar-refractivity contribution in [3.8, 4) is 17.1 Å². The molecule has 0 amide bonds. The molecule has 1 aromatic heterocycles. The molecule has 0 spiro atoms. The van der Waals surface area contributed by atoms with Crippen LogP contribution in [0.4, 0.5) is 0 Å². The van der Waals surface area contributed by atoms with Gasteiger partial charge in [-0.05, 0) is 42.5 Å². The minimum atomic E-state index is -0.845. The molecule has 0 radical (unpaired) electrons. The lowest BCUT2D eigenvalue weighted by Gasteiger charge is -2.07. The Morgan fingerprint density at radius 2 is 1.70 bits per heavy atom. The lowest BCUT2D eigenvalue weighted by molar-refractivity contribution is 0.0462. The number of carbonyl (C=O) groups is 2. The van der Waals surface area contributed by atoms with Crippen LogP contribution in [0.5, 0.6) is 0 Å². The third-order valence-electron chi connectivity index (χ3n) is 4.52. The quantitative estimate of drug-likeness (QED) is 0.192. The second kappa shape index (κ2) is 10.1. The first kappa shape index (κ1) is 23.4. The summed E-state index contributed by atoms with van der Waals surface area (Å²) in [6.07, 6.45) is 0. The number of ketones is 1. The van der Waals surface area contributed by atoms with Crippen LogP contribution in [0.1, 0.15) is 21.0 Å². The molecule has 0 fully saturated rings. The highest BCUT2D eigenvalue weighted by atomic mass is 79.9. The van der Waals surface area contributed by atoms with Crippen molar-refractivity contribution in [3.63, 3.8) is 0 Å². The van der Waals surface area contributed by atoms with E-state index in [-0.39, 0.29) is 11.6 Å². The highest BCUT2D eigenvalue weighted by Gasteiger charge is 2.21. The van der Waals surface area contributed by atoms with Crippen LogP contribution in [0.15, 0.2) is 71.2 Å². The van der Waals surface area contributed by atoms with E-state index in [2.05, 4.69) is 26.0 Å². The second-order valence-corrected chi connectivity index (χ2v) is 8.95. The number of esters is 1. The van der Waals surface area contributed by atoms with Gasteiger partial charge < -0.3 is 4.74 Å². The molecular weight excluding hydrogens is 553 g/mol. The largest absolute Gasteiger partial charge is 0.451 e. The van der Waals surface area contributed by atoms with E-state index in [9.17, 15) is 9.59 Å². The van der Waals surface area contributed by atoms with Gasteiger partial charge in [-0.3, -0.25) is 4.79 Å². The van der Waals surface area contributed by atoms with Gasteiger partial charge in [-0.1, -0.05) is 75.0 Å². The Morgan fingerprint density at radius 3 is 2.39 bits per heavy atom. The third-order valence-corrected chi connectivity index (χ3v) is 6.02. The Labute approximate surface area is 212 Å². The summed E-state index contributed by atoms with van der Waals surface area (Å²) < 4.78 is 7.44. The van der Waals surface area contributed by atoms with Crippen molar-refractivity contribution in [3.05, 3.63) is 97.7 Å². The summed E-state index contributed by atoms with van der Waals surface area (Å²) in [6, 6.07) is 18.5. The van der Waals surface area contributed by atoms with E-state index >= 15 is 0 Å². The fourth-order valence-electron chi connectivity index (χ4n) is 2.92. The first-order chi connectivity index (χ1) is 15.8. The molecule has 4 rings (SSSR count). The molecule has 10 heteroatoms. The number of benzene rings is 3. The molecule has 33 heavy (non-hydrogen) atoms. The monoisotopic (exact) mass is 563 g/mol. The Balaban J connectivity index is 1.64. The fraction of sp³-hybridized carbons (Fsp3) is 0.0435. The summed E-state index contributed by atoms with van der Waals surface area (Å²) in [5.41, 5.74) is 1.56. The summed E-state index contributed by atoms with van der Waals surface area (Å²) in [4.78, 5) is 29.3. The van der Waals surface area contributed by atoms with E-state index in [1.807, 2.05) is 0 Å². The zero-order chi connectivity index (χ0) is 23.5. The molecule has 3 aromatic carbocycles. The SMILES string of the molecule is O=C(COC(=O)c1nc(-c2cccc(Cl)c2)n(-c2ccc(Cl)c(Cl)c2)n1)c1ccc(Br)cc1. The van der Waals surface area contributed by atoms with E-state index in [1.54, 1.807) is 66.7 Å². The van der Waals surface area contributed by atoms with E-state index in [0.717, 1.165) is 4.47 Å². The summed E-state index contributed by atoms with van der Waals surface area (Å²) in [7, 11) is 0. The molecular formula is C23H13BrCl3N3O3. The lowest BCUT2D eigenvalue weighted by Crippen LogP contribution is -2.15. The fourth-order valence-corrected chi connectivity index (χ4v) is 3.67. The first-order valence-corrected chi connectivity index (χ1v) is 11.4. The molecule has 0 saturated heterocycles. The number of hydrogen-bond donors (Lipinski definition) is 0. The Morgan fingerprint density at radius 1 is 0.939 bits per heavy atom. The van der Waals surface area contributed by atoms with E-state index < -0.39 is 12.6 Å². The number of hydrogen-bond acceptors (Lipinski definition) is 5. The van der Waals surface area contributed by atoms with Gasteiger partial charge in [0.2, 0.25) is 0 Å². The number of aromatic nitrogens is 3. The molecule has 166 valence electrons. The van der Waals surface area contributed by atoms with Crippen LogP contribution in [0.2, 0.25) is 15.1 Å². The Bertz CT molecular complexity index is 1360. The van der Waals surface area contributed by atoms with Crippen molar-refractivity contribution in [1.82, 2.24) is 14.8 Å². The average molecular weight is 566 g/mol. The first-order valence-electron chi connectivity index (χ1n) is 9.46. The normalized spacial score (nSPS) is 10.8. The van der Waals surface area contributed by atoms with Crippen molar-refractivity contribution >= 4 is 62.5 Å². The molecule has 0 aliphatic rings. The van der Waals surface area contributed by atoms with Gasteiger partial charge in [0.15, 0.2) is 18.2 Å². The van der Waals surface area contributed by atoms with Crippen molar-refractivity contribution in [2.75, 3.05) is 6.61 Å². The van der Waals surface area contributed by atoms with Crippen LogP contribution in [0, 0.1) is 0 Å². The molecule has 6 nitrogen and oxygen atoms in total. The Hall–Kier alpha value is -2.71. The van der Waals surface area contributed by atoms with Gasteiger partial charge in [0.1, 0.15) is 0 Å². The summed E-state index contributed by atoms with van der Waals surface area (Å²) in [5.74, 6) is -1.08. The summed E-state index contributed by atoms with van der Waals surface area (Å²) >= 11 is 21.6. The molecule has 0 bridgehead atoms. The molecule has 0 atom stereocenters. The number of Topliss-reactive ketones (excluding diaryl/α,β-unsaturated/α-hetero) is 1. The molecule has 0 N–H and O–H groups in total. The lowest BCUT2D eigenvalue weighted by atomic mass is 10.1. The highest BCUT2D eigenvalue weighted by Crippen LogP contribution is 2.28. The van der Waals surface area contributed by atoms with E-state index in [4.69, 9.17) is 39.5 Å². The zero-order valence-electron chi connectivity index (χ0n) is 16.6. The van der Waals surface area contributed by atoms with E-state index in [1.165, 1.54) is 4.68 Å². The van der Waals surface area contributed by atoms with Crippen LogP contribution >= 0.6 is 50.7 Å². The number of nitrogens with zero attached hydrogens (tertiary/aromatic N) is 3. The molecule has 4 aromatic rings. The van der Waals surface area contributed by atoms with Gasteiger partial charge in [0.25, 0.3) is 5.82 Å². The zero-order valence-corrected chi connectivity index (χ0v) is 20.5. The maximum absolute atomic E-state index is 12.7. The average Bonchev–Trinajstić information content (AvgIpc) is 3.25. The van der Waals surface area contributed by atoms with Gasteiger partial charge in [0.05, 0.1) is 15.7 Å². The van der Waals surface area contributed by atoms with Crippen molar-refractivity contribution in [2.45, 2.75) is 0 Å². The van der Waals surface area contributed by atoms with Crippen molar-refractivity contribution < 1.29 is 14.3 Å². The third kappa shape index (κ3) is 5.45. The topological polar surface area (TPSA) is 74.1 Å². The van der Waals surface area contributed by atoms with Gasteiger partial charge in [-0.15, -0.1) is 5.10 Å². The van der Waals surface area contributed by atoms with Crippen LogP contribution in [-0.4, -0.2) is 33.1 Å². The maximum Gasteiger partial charge on any atom is 0.378 e.